The zero-order valence-corrected chi connectivity index (χ0v) is 14.6. The molecule has 0 aliphatic heterocycles. The molecule has 0 saturated carbocycles. The number of nitrogens with zero attached hydrogens (tertiary/aromatic N) is 2. The second-order valence-electron chi connectivity index (χ2n) is 5.42. The Kier molecular flexibility index (Phi) is 5.11. The van der Waals surface area contributed by atoms with Crippen LogP contribution in [0, 0.1) is 0 Å². The highest BCUT2D eigenvalue weighted by atomic mass is 79.9. The van der Waals surface area contributed by atoms with Crippen LogP contribution in [0.2, 0.25) is 0 Å². The summed E-state index contributed by atoms with van der Waals surface area (Å²) in [5.74, 6) is 0. The van der Waals surface area contributed by atoms with Crippen LogP contribution in [0.1, 0.15) is 32.2 Å². The number of aromatic nitrogens is 2. The molecule has 0 unspecified atom stereocenters. The molecular formula is C13H18BrN3S2. The lowest BCUT2D eigenvalue weighted by Crippen LogP contribution is -2.36. The fraction of sp³-hybridized carbons (Fsp3) is 0.538. The smallest absolute Gasteiger partial charge is 0.148 e. The Morgan fingerprint density at radius 2 is 2.11 bits per heavy atom. The molecule has 0 amide bonds. The van der Waals surface area contributed by atoms with Gasteiger partial charge in [0.05, 0.1) is 3.79 Å². The van der Waals surface area contributed by atoms with Crippen LogP contribution in [0.4, 0.5) is 0 Å². The fourth-order valence-corrected chi connectivity index (χ4v) is 3.68. The van der Waals surface area contributed by atoms with E-state index in [-0.39, 0.29) is 5.54 Å². The molecule has 0 aromatic carbocycles. The molecule has 0 spiro atoms. The van der Waals surface area contributed by atoms with Gasteiger partial charge in [-0.25, -0.2) is 0 Å². The first-order valence-corrected chi connectivity index (χ1v) is 8.75. The molecule has 0 saturated heterocycles. The Labute approximate surface area is 130 Å². The van der Waals surface area contributed by atoms with Crippen LogP contribution in [-0.4, -0.2) is 22.3 Å². The zero-order valence-electron chi connectivity index (χ0n) is 11.4. The molecule has 2 aromatic heterocycles. The van der Waals surface area contributed by atoms with Gasteiger partial charge in [0.1, 0.15) is 10.0 Å². The minimum absolute atomic E-state index is 0.190. The van der Waals surface area contributed by atoms with E-state index in [9.17, 15) is 0 Å². The third kappa shape index (κ3) is 4.95. The first-order valence-electron chi connectivity index (χ1n) is 6.26. The van der Waals surface area contributed by atoms with Crippen molar-refractivity contribution in [3.63, 3.8) is 0 Å². The van der Waals surface area contributed by atoms with Gasteiger partial charge in [-0.2, -0.15) is 0 Å². The normalized spacial score (nSPS) is 12.0. The van der Waals surface area contributed by atoms with Crippen molar-refractivity contribution in [3.8, 4) is 10.6 Å². The van der Waals surface area contributed by atoms with E-state index in [0.717, 1.165) is 38.8 Å². The summed E-state index contributed by atoms with van der Waals surface area (Å²) in [5.41, 5.74) is 1.35. The van der Waals surface area contributed by atoms with Crippen molar-refractivity contribution in [2.75, 3.05) is 6.54 Å². The van der Waals surface area contributed by atoms with Gasteiger partial charge in [0.15, 0.2) is 0 Å². The fourth-order valence-electron chi connectivity index (χ4n) is 1.60. The highest BCUT2D eigenvalue weighted by Gasteiger charge is 2.10. The minimum Gasteiger partial charge on any atom is -0.312 e. The molecule has 0 aliphatic carbocycles. The van der Waals surface area contributed by atoms with Crippen LogP contribution in [0.25, 0.3) is 10.6 Å². The predicted octanol–water partition coefficient (Wildman–Crippen LogP) is 4.35. The third-order valence-corrected chi connectivity index (χ3v) is 5.04. The molecule has 104 valence electrons. The van der Waals surface area contributed by atoms with Gasteiger partial charge in [0.25, 0.3) is 0 Å². The molecule has 0 aliphatic rings. The Hall–Kier alpha value is -0.300. The van der Waals surface area contributed by atoms with Crippen molar-refractivity contribution in [2.45, 2.75) is 39.2 Å². The molecular weight excluding hydrogens is 342 g/mol. The van der Waals surface area contributed by atoms with Gasteiger partial charge in [-0.1, -0.05) is 11.3 Å². The topological polar surface area (TPSA) is 37.8 Å². The van der Waals surface area contributed by atoms with Crippen molar-refractivity contribution < 1.29 is 0 Å². The Bertz CT molecular complexity index is 528. The van der Waals surface area contributed by atoms with E-state index >= 15 is 0 Å². The maximum atomic E-state index is 4.27. The average molecular weight is 360 g/mol. The SMILES string of the molecule is CC(C)(C)NCCCc1nnc(-c2csc(Br)c2)s1. The van der Waals surface area contributed by atoms with Crippen LogP contribution in [0.15, 0.2) is 15.2 Å². The summed E-state index contributed by atoms with van der Waals surface area (Å²) in [4.78, 5) is 0. The quantitative estimate of drug-likeness (QED) is 0.806. The van der Waals surface area contributed by atoms with Gasteiger partial charge in [-0.15, -0.1) is 21.5 Å². The number of rotatable bonds is 5. The molecule has 2 heterocycles. The zero-order chi connectivity index (χ0) is 13.9. The second kappa shape index (κ2) is 6.43. The van der Waals surface area contributed by atoms with Gasteiger partial charge < -0.3 is 5.32 Å². The number of halogens is 1. The van der Waals surface area contributed by atoms with Gasteiger partial charge in [-0.3, -0.25) is 0 Å². The van der Waals surface area contributed by atoms with Crippen molar-refractivity contribution in [3.05, 3.63) is 20.2 Å². The Morgan fingerprint density at radius 3 is 2.74 bits per heavy atom. The van der Waals surface area contributed by atoms with Gasteiger partial charge in [0.2, 0.25) is 0 Å². The number of hydrogen-bond donors (Lipinski definition) is 1. The average Bonchev–Trinajstić information content (AvgIpc) is 2.92. The summed E-state index contributed by atoms with van der Waals surface area (Å²) in [6, 6.07) is 2.09. The second-order valence-corrected chi connectivity index (χ2v) is 8.77. The van der Waals surface area contributed by atoms with E-state index in [0.29, 0.717) is 0 Å². The van der Waals surface area contributed by atoms with E-state index in [1.165, 1.54) is 0 Å². The third-order valence-electron chi connectivity index (χ3n) is 2.50. The maximum Gasteiger partial charge on any atom is 0.148 e. The highest BCUT2D eigenvalue weighted by Crippen LogP contribution is 2.31. The lowest BCUT2D eigenvalue weighted by Gasteiger charge is -2.20. The van der Waals surface area contributed by atoms with Crippen LogP contribution < -0.4 is 5.32 Å². The van der Waals surface area contributed by atoms with Crippen LogP contribution >= 0.6 is 38.6 Å². The van der Waals surface area contributed by atoms with Crippen molar-refractivity contribution >= 4 is 38.6 Å². The number of nitrogens with one attached hydrogen (secondary N) is 1. The molecule has 0 bridgehead atoms. The van der Waals surface area contributed by atoms with Crippen LogP contribution in [0.3, 0.4) is 0 Å². The van der Waals surface area contributed by atoms with Crippen LogP contribution in [-0.2, 0) is 6.42 Å². The summed E-state index contributed by atoms with van der Waals surface area (Å²) < 4.78 is 1.13. The molecule has 3 nitrogen and oxygen atoms in total. The number of aryl methyl sites for hydroxylation is 1. The molecule has 1 N–H and O–H groups in total. The number of thiophene rings is 1. The molecule has 0 atom stereocenters. The van der Waals surface area contributed by atoms with E-state index in [2.05, 4.69) is 63.7 Å². The Morgan fingerprint density at radius 1 is 1.32 bits per heavy atom. The minimum atomic E-state index is 0.190. The summed E-state index contributed by atoms with van der Waals surface area (Å²) in [6.07, 6.45) is 2.09. The Balaban J connectivity index is 1.85. The summed E-state index contributed by atoms with van der Waals surface area (Å²) in [6.45, 7) is 7.57. The standard InChI is InChI=1S/C13H18BrN3S2/c1-13(2,3)15-6-4-5-11-16-17-12(19-11)9-7-10(14)18-8-9/h7-8,15H,4-6H2,1-3H3. The van der Waals surface area contributed by atoms with E-state index in [4.69, 9.17) is 0 Å². The van der Waals surface area contributed by atoms with Crippen molar-refractivity contribution in [1.82, 2.24) is 15.5 Å². The summed E-state index contributed by atoms with van der Waals surface area (Å²) in [7, 11) is 0. The molecule has 6 heteroatoms. The van der Waals surface area contributed by atoms with E-state index in [1.54, 1.807) is 22.7 Å². The largest absolute Gasteiger partial charge is 0.312 e. The first kappa shape index (κ1) is 15.1. The van der Waals surface area contributed by atoms with Crippen molar-refractivity contribution in [1.29, 1.82) is 0 Å². The van der Waals surface area contributed by atoms with Crippen molar-refractivity contribution in [2.24, 2.45) is 0 Å². The molecule has 0 fully saturated rings. The lowest BCUT2D eigenvalue weighted by atomic mass is 10.1. The summed E-state index contributed by atoms with van der Waals surface area (Å²) in [5, 5.41) is 16.3. The number of hydrogen-bond acceptors (Lipinski definition) is 5. The molecule has 2 rings (SSSR count). The molecule has 19 heavy (non-hydrogen) atoms. The molecule has 0 radical (unpaired) electrons. The van der Waals surface area contributed by atoms with E-state index in [1.807, 2.05) is 0 Å². The first-order chi connectivity index (χ1) is 8.94. The monoisotopic (exact) mass is 359 g/mol. The summed E-state index contributed by atoms with van der Waals surface area (Å²) >= 11 is 6.84. The lowest BCUT2D eigenvalue weighted by molar-refractivity contribution is 0.422. The highest BCUT2D eigenvalue weighted by molar-refractivity contribution is 9.11. The molecule has 2 aromatic rings. The van der Waals surface area contributed by atoms with Crippen LogP contribution in [0.5, 0.6) is 0 Å². The van der Waals surface area contributed by atoms with Gasteiger partial charge >= 0.3 is 0 Å². The predicted molar refractivity (Wildman–Crippen MR) is 87.0 cm³/mol. The van der Waals surface area contributed by atoms with E-state index < -0.39 is 0 Å². The maximum absolute atomic E-state index is 4.27. The van der Waals surface area contributed by atoms with Gasteiger partial charge in [0, 0.05) is 22.9 Å². The van der Waals surface area contributed by atoms with Gasteiger partial charge in [-0.05, 0) is 55.7 Å².